The smallest absolute Gasteiger partial charge is 0.217 e. The minimum absolute atomic E-state index is 0.200. The minimum atomic E-state index is -0.200. The van der Waals surface area contributed by atoms with E-state index in [0.717, 1.165) is 31.1 Å². The number of carbonyl (C=O) groups is 1. The molecular formula is C23H39NO. The molecular weight excluding hydrogens is 306 g/mol. The van der Waals surface area contributed by atoms with Crippen molar-refractivity contribution < 1.29 is 4.79 Å². The number of carbonyl (C=O) groups excluding carboxylic acids is 1. The summed E-state index contributed by atoms with van der Waals surface area (Å²) in [5.74, 6) is 1.70. The van der Waals surface area contributed by atoms with Crippen molar-refractivity contribution in [3.63, 3.8) is 0 Å². The van der Waals surface area contributed by atoms with Gasteiger partial charge in [-0.2, -0.15) is 0 Å². The summed E-state index contributed by atoms with van der Waals surface area (Å²) in [6.07, 6.45) is 29.1. The van der Waals surface area contributed by atoms with Crippen LogP contribution < -0.4 is 5.73 Å². The maximum absolute atomic E-state index is 10.6. The first-order valence-corrected chi connectivity index (χ1v) is 10.5. The lowest BCUT2D eigenvalue weighted by atomic mass is 9.93. The summed E-state index contributed by atoms with van der Waals surface area (Å²) in [5.41, 5.74) is 5.12. The highest BCUT2D eigenvalue weighted by Crippen LogP contribution is 2.41. The molecule has 1 aliphatic carbocycles. The van der Waals surface area contributed by atoms with Gasteiger partial charge in [-0.25, -0.2) is 0 Å². The molecule has 1 rings (SSSR count). The number of allylic oxidation sites excluding steroid dienone is 6. The first kappa shape index (κ1) is 21.7. The third-order valence-electron chi connectivity index (χ3n) is 4.97. The van der Waals surface area contributed by atoms with Gasteiger partial charge in [0.2, 0.25) is 5.91 Å². The number of primary amides is 1. The van der Waals surface area contributed by atoms with Crippen LogP contribution in [-0.2, 0) is 4.79 Å². The lowest BCUT2D eigenvalue weighted by molar-refractivity contribution is -0.118. The van der Waals surface area contributed by atoms with Crippen molar-refractivity contribution in [1.82, 2.24) is 0 Å². The number of hydrogen-bond acceptors (Lipinski definition) is 1. The van der Waals surface area contributed by atoms with Crippen molar-refractivity contribution in [3.8, 4) is 0 Å². The van der Waals surface area contributed by atoms with Gasteiger partial charge >= 0.3 is 0 Å². The van der Waals surface area contributed by atoms with Crippen LogP contribution in [0.2, 0.25) is 0 Å². The second kappa shape index (κ2) is 15.0. The van der Waals surface area contributed by atoms with Crippen LogP contribution in [0.25, 0.3) is 0 Å². The van der Waals surface area contributed by atoms with E-state index in [0.29, 0.717) is 6.42 Å². The quantitative estimate of drug-likeness (QED) is 0.252. The summed E-state index contributed by atoms with van der Waals surface area (Å²) in [6, 6.07) is 0. The van der Waals surface area contributed by atoms with E-state index in [-0.39, 0.29) is 5.91 Å². The normalized spacial score (nSPS) is 16.4. The van der Waals surface area contributed by atoms with Crippen LogP contribution >= 0.6 is 0 Å². The zero-order chi connectivity index (χ0) is 18.2. The molecule has 142 valence electrons. The van der Waals surface area contributed by atoms with E-state index >= 15 is 0 Å². The standard InChI is InChI=1S/C23H39NO/c1-2-3-4-5-10-13-16-21(22-19-20-22)17-14-11-8-6-7-9-12-15-18-23(24)25/h7-11,13,21-22H,2-6,12,14-20H2,1H3,(H2,24,25)/b9-7-,11-8-,13-10-. The molecule has 0 radical (unpaired) electrons. The Hall–Kier alpha value is -1.31. The predicted molar refractivity (Wildman–Crippen MR) is 109 cm³/mol. The van der Waals surface area contributed by atoms with Gasteiger partial charge in [0, 0.05) is 6.42 Å². The van der Waals surface area contributed by atoms with Gasteiger partial charge in [-0.3, -0.25) is 4.79 Å². The summed E-state index contributed by atoms with van der Waals surface area (Å²) >= 11 is 0. The maximum atomic E-state index is 10.6. The second-order valence-corrected chi connectivity index (χ2v) is 7.41. The molecule has 0 aromatic heterocycles. The van der Waals surface area contributed by atoms with Crippen LogP contribution in [0.1, 0.15) is 90.4 Å². The fourth-order valence-corrected chi connectivity index (χ4v) is 3.23. The lowest BCUT2D eigenvalue weighted by Gasteiger charge is -2.12. The zero-order valence-electron chi connectivity index (χ0n) is 16.3. The Morgan fingerprint density at radius 2 is 1.64 bits per heavy atom. The molecule has 0 aromatic carbocycles. The molecule has 1 saturated carbocycles. The molecule has 0 spiro atoms. The highest BCUT2D eigenvalue weighted by atomic mass is 16.1. The van der Waals surface area contributed by atoms with Gasteiger partial charge in [0.15, 0.2) is 0 Å². The zero-order valence-corrected chi connectivity index (χ0v) is 16.3. The number of unbranched alkanes of at least 4 members (excludes halogenated alkanes) is 4. The molecule has 0 aromatic rings. The highest BCUT2D eigenvalue weighted by Gasteiger charge is 2.29. The number of nitrogens with two attached hydrogens (primary N) is 1. The van der Waals surface area contributed by atoms with Crippen LogP contribution in [-0.4, -0.2) is 5.91 Å². The fraction of sp³-hybridized carbons (Fsp3) is 0.696. The average Bonchev–Trinajstić information content (AvgIpc) is 3.42. The van der Waals surface area contributed by atoms with Crippen molar-refractivity contribution >= 4 is 5.91 Å². The molecule has 0 heterocycles. The Labute approximate surface area is 155 Å². The third-order valence-corrected chi connectivity index (χ3v) is 4.97. The first-order chi connectivity index (χ1) is 12.2. The molecule has 0 saturated heterocycles. The average molecular weight is 346 g/mol. The van der Waals surface area contributed by atoms with Gasteiger partial charge in [-0.1, -0.05) is 56.2 Å². The van der Waals surface area contributed by atoms with Gasteiger partial charge in [0.05, 0.1) is 0 Å². The van der Waals surface area contributed by atoms with Gasteiger partial charge in [0.1, 0.15) is 0 Å². The summed E-state index contributed by atoms with van der Waals surface area (Å²) in [6.45, 7) is 2.26. The Bertz CT molecular complexity index is 418. The highest BCUT2D eigenvalue weighted by molar-refractivity contribution is 5.73. The molecule has 0 aliphatic heterocycles. The molecule has 2 nitrogen and oxygen atoms in total. The summed E-state index contributed by atoms with van der Waals surface area (Å²) < 4.78 is 0. The largest absolute Gasteiger partial charge is 0.370 e. The number of amides is 1. The van der Waals surface area contributed by atoms with Crippen molar-refractivity contribution in [2.75, 3.05) is 0 Å². The molecule has 2 N–H and O–H groups in total. The Morgan fingerprint density at radius 3 is 2.32 bits per heavy atom. The lowest BCUT2D eigenvalue weighted by Crippen LogP contribution is -2.09. The van der Waals surface area contributed by atoms with Crippen LogP contribution in [0, 0.1) is 11.8 Å². The summed E-state index contributed by atoms with van der Waals surface area (Å²) in [7, 11) is 0. The Balaban J connectivity index is 2.06. The first-order valence-electron chi connectivity index (χ1n) is 10.5. The van der Waals surface area contributed by atoms with Gasteiger partial charge < -0.3 is 5.73 Å². The van der Waals surface area contributed by atoms with Crippen LogP contribution in [0.5, 0.6) is 0 Å². The number of hydrogen-bond donors (Lipinski definition) is 1. The monoisotopic (exact) mass is 345 g/mol. The molecule has 0 bridgehead atoms. The van der Waals surface area contributed by atoms with E-state index in [1.54, 1.807) is 0 Å². The second-order valence-electron chi connectivity index (χ2n) is 7.41. The maximum Gasteiger partial charge on any atom is 0.217 e. The van der Waals surface area contributed by atoms with E-state index in [2.05, 4.69) is 43.4 Å². The molecule has 25 heavy (non-hydrogen) atoms. The summed E-state index contributed by atoms with van der Waals surface area (Å²) in [4.78, 5) is 10.6. The topological polar surface area (TPSA) is 43.1 Å². The van der Waals surface area contributed by atoms with Crippen molar-refractivity contribution in [2.24, 2.45) is 17.6 Å². The molecule has 1 unspecified atom stereocenters. The molecule has 2 heteroatoms. The van der Waals surface area contributed by atoms with Crippen LogP contribution in [0.15, 0.2) is 36.5 Å². The Morgan fingerprint density at radius 1 is 0.960 bits per heavy atom. The van der Waals surface area contributed by atoms with Gasteiger partial charge in [-0.05, 0) is 76.0 Å². The minimum Gasteiger partial charge on any atom is -0.370 e. The molecule has 1 fully saturated rings. The number of rotatable bonds is 16. The fourth-order valence-electron chi connectivity index (χ4n) is 3.23. The van der Waals surface area contributed by atoms with E-state index in [4.69, 9.17) is 5.73 Å². The SMILES string of the molecule is CCCCC/C=C\CC(CC/C=C\C/C=C\CCCC(N)=O)C1CC1. The third kappa shape index (κ3) is 13.6. The van der Waals surface area contributed by atoms with E-state index < -0.39 is 0 Å². The molecule has 1 amide bonds. The predicted octanol–water partition coefficient (Wildman–Crippen LogP) is 6.48. The van der Waals surface area contributed by atoms with Crippen LogP contribution in [0.3, 0.4) is 0 Å². The Kier molecular flexibility index (Phi) is 13.0. The van der Waals surface area contributed by atoms with E-state index in [9.17, 15) is 4.79 Å². The summed E-state index contributed by atoms with van der Waals surface area (Å²) in [5, 5.41) is 0. The van der Waals surface area contributed by atoms with E-state index in [1.165, 1.54) is 57.8 Å². The van der Waals surface area contributed by atoms with Gasteiger partial charge in [0.25, 0.3) is 0 Å². The molecule has 1 atom stereocenters. The van der Waals surface area contributed by atoms with E-state index in [1.807, 2.05) is 0 Å². The van der Waals surface area contributed by atoms with Crippen LogP contribution in [0.4, 0.5) is 0 Å². The molecule has 1 aliphatic rings. The van der Waals surface area contributed by atoms with Crippen molar-refractivity contribution in [1.29, 1.82) is 0 Å². The van der Waals surface area contributed by atoms with Crippen molar-refractivity contribution in [3.05, 3.63) is 36.5 Å². The van der Waals surface area contributed by atoms with Gasteiger partial charge in [-0.15, -0.1) is 0 Å². The van der Waals surface area contributed by atoms with Crippen molar-refractivity contribution in [2.45, 2.75) is 90.4 Å².